The number of hydrogen-bond acceptors (Lipinski definition) is 4. The Labute approximate surface area is 159 Å². The van der Waals surface area contributed by atoms with E-state index in [1.807, 2.05) is 30.0 Å². The third-order valence-electron chi connectivity index (χ3n) is 5.43. The van der Waals surface area contributed by atoms with Gasteiger partial charge in [-0.15, -0.1) is 0 Å². The molecule has 2 heterocycles. The van der Waals surface area contributed by atoms with Crippen molar-refractivity contribution in [2.45, 2.75) is 62.1 Å². The van der Waals surface area contributed by atoms with Crippen molar-refractivity contribution in [2.24, 2.45) is 0 Å². The highest BCUT2D eigenvalue weighted by atomic mass is 32.2. The Kier molecular flexibility index (Phi) is 5.85. The standard InChI is InChI=1S/C21H27NO3S/c23-21(22-13-15-7-6-12-24-15)20-18(14-26-16-8-2-1-3-9-16)17-10-4-5-11-19(17)25-20/h4-5,10-11,15-16H,1-3,6-9,12-14H2,(H,22,23). The van der Waals surface area contributed by atoms with Gasteiger partial charge in [-0.25, -0.2) is 0 Å². The second-order valence-corrected chi connectivity index (χ2v) is 8.61. The van der Waals surface area contributed by atoms with Gasteiger partial charge in [0.1, 0.15) is 5.58 Å². The summed E-state index contributed by atoms with van der Waals surface area (Å²) >= 11 is 1.98. The second-order valence-electron chi connectivity index (χ2n) is 7.32. The van der Waals surface area contributed by atoms with E-state index in [4.69, 9.17) is 9.15 Å². The Bertz CT molecular complexity index is 745. The summed E-state index contributed by atoms with van der Waals surface area (Å²) in [6, 6.07) is 7.98. The zero-order valence-electron chi connectivity index (χ0n) is 15.2. The van der Waals surface area contributed by atoms with E-state index >= 15 is 0 Å². The molecule has 2 fully saturated rings. The van der Waals surface area contributed by atoms with Crippen LogP contribution in [0, 0.1) is 0 Å². The lowest BCUT2D eigenvalue weighted by Gasteiger charge is -2.20. The third-order valence-corrected chi connectivity index (χ3v) is 6.83. The smallest absolute Gasteiger partial charge is 0.287 e. The molecule has 4 rings (SSSR count). The molecule has 1 saturated heterocycles. The van der Waals surface area contributed by atoms with Crippen LogP contribution < -0.4 is 5.32 Å². The van der Waals surface area contributed by atoms with Gasteiger partial charge in [0.05, 0.1) is 6.10 Å². The number of thioether (sulfide) groups is 1. The highest BCUT2D eigenvalue weighted by Crippen LogP contribution is 2.35. The highest BCUT2D eigenvalue weighted by molar-refractivity contribution is 7.99. The summed E-state index contributed by atoms with van der Waals surface area (Å²) in [4.78, 5) is 12.8. The molecule has 5 heteroatoms. The first kappa shape index (κ1) is 17.9. The average Bonchev–Trinajstić information content (AvgIpc) is 3.33. The second kappa shape index (κ2) is 8.49. The van der Waals surface area contributed by atoms with Gasteiger partial charge in [0.2, 0.25) is 0 Å². The van der Waals surface area contributed by atoms with Gasteiger partial charge in [-0.3, -0.25) is 4.79 Å². The molecule has 26 heavy (non-hydrogen) atoms. The summed E-state index contributed by atoms with van der Waals surface area (Å²) in [7, 11) is 0. The molecule has 0 radical (unpaired) electrons. The zero-order valence-corrected chi connectivity index (χ0v) is 16.0. The average molecular weight is 374 g/mol. The van der Waals surface area contributed by atoms with Gasteiger partial charge in [0.15, 0.2) is 5.76 Å². The minimum absolute atomic E-state index is 0.115. The van der Waals surface area contributed by atoms with Crippen molar-refractivity contribution in [3.63, 3.8) is 0 Å². The monoisotopic (exact) mass is 373 g/mol. The topological polar surface area (TPSA) is 51.5 Å². The maximum absolute atomic E-state index is 12.8. The van der Waals surface area contributed by atoms with Crippen LogP contribution in [0.1, 0.15) is 61.1 Å². The molecular formula is C21H27NO3S. The predicted octanol–water partition coefficient (Wildman–Crippen LogP) is 4.91. The minimum atomic E-state index is -0.115. The van der Waals surface area contributed by atoms with Crippen LogP contribution in [0.25, 0.3) is 11.0 Å². The molecule has 1 N–H and O–H groups in total. The van der Waals surface area contributed by atoms with E-state index in [-0.39, 0.29) is 12.0 Å². The molecule has 1 saturated carbocycles. The van der Waals surface area contributed by atoms with Crippen molar-refractivity contribution in [2.75, 3.05) is 13.2 Å². The molecule has 140 valence electrons. The van der Waals surface area contributed by atoms with Crippen molar-refractivity contribution >= 4 is 28.6 Å². The molecule has 0 bridgehead atoms. The van der Waals surface area contributed by atoms with E-state index in [2.05, 4.69) is 11.4 Å². The van der Waals surface area contributed by atoms with E-state index in [1.165, 1.54) is 32.1 Å². The van der Waals surface area contributed by atoms with Crippen LogP contribution in [-0.4, -0.2) is 30.4 Å². The molecule has 1 aromatic heterocycles. The Balaban J connectivity index is 1.49. The maximum atomic E-state index is 12.8. The fourth-order valence-corrected chi connectivity index (χ4v) is 5.31. The van der Waals surface area contributed by atoms with Crippen LogP contribution >= 0.6 is 11.8 Å². The number of carbonyl (C=O) groups is 1. The Morgan fingerprint density at radius 2 is 1.96 bits per heavy atom. The Morgan fingerprint density at radius 1 is 1.12 bits per heavy atom. The molecule has 1 unspecified atom stereocenters. The summed E-state index contributed by atoms with van der Waals surface area (Å²) < 4.78 is 11.6. The number of para-hydroxylation sites is 1. The lowest BCUT2D eigenvalue weighted by atomic mass is 10.0. The lowest BCUT2D eigenvalue weighted by Crippen LogP contribution is -2.32. The molecule has 1 atom stereocenters. The van der Waals surface area contributed by atoms with Crippen molar-refractivity contribution in [3.05, 3.63) is 35.6 Å². The van der Waals surface area contributed by atoms with Gasteiger partial charge in [-0.05, 0) is 31.7 Å². The number of furan rings is 1. The summed E-state index contributed by atoms with van der Waals surface area (Å²) in [5, 5.41) is 4.79. The van der Waals surface area contributed by atoms with Gasteiger partial charge in [-0.1, -0.05) is 37.5 Å². The quantitative estimate of drug-likeness (QED) is 0.782. The fraction of sp³-hybridized carbons (Fsp3) is 0.571. The van der Waals surface area contributed by atoms with E-state index in [9.17, 15) is 4.79 Å². The molecule has 1 amide bonds. The third kappa shape index (κ3) is 4.09. The van der Waals surface area contributed by atoms with Crippen LogP contribution in [0.5, 0.6) is 0 Å². The van der Waals surface area contributed by atoms with Crippen molar-refractivity contribution in [1.82, 2.24) is 5.32 Å². The first-order chi connectivity index (χ1) is 12.8. The van der Waals surface area contributed by atoms with Gasteiger partial charge in [0, 0.05) is 35.1 Å². The van der Waals surface area contributed by atoms with Crippen molar-refractivity contribution in [1.29, 1.82) is 0 Å². The summed E-state index contributed by atoms with van der Waals surface area (Å²) in [6.07, 6.45) is 8.85. The number of ether oxygens (including phenoxy) is 1. The number of rotatable bonds is 6. The Hall–Kier alpha value is -1.46. The molecule has 2 aromatic rings. The zero-order chi connectivity index (χ0) is 17.8. The predicted molar refractivity (Wildman–Crippen MR) is 106 cm³/mol. The number of amides is 1. The van der Waals surface area contributed by atoms with Crippen LogP contribution in [0.2, 0.25) is 0 Å². The summed E-state index contributed by atoms with van der Waals surface area (Å²) in [5.74, 6) is 1.20. The fourth-order valence-electron chi connectivity index (χ4n) is 3.95. The summed E-state index contributed by atoms with van der Waals surface area (Å²) in [5.41, 5.74) is 1.84. The van der Waals surface area contributed by atoms with Gasteiger partial charge in [-0.2, -0.15) is 11.8 Å². The van der Waals surface area contributed by atoms with Gasteiger partial charge < -0.3 is 14.5 Å². The molecule has 0 spiro atoms. The normalized spacial score (nSPS) is 21.3. The number of nitrogens with one attached hydrogen (secondary N) is 1. The first-order valence-corrected chi connectivity index (χ1v) is 10.9. The van der Waals surface area contributed by atoms with Crippen LogP contribution in [0.4, 0.5) is 0 Å². The molecule has 1 aromatic carbocycles. The van der Waals surface area contributed by atoms with Gasteiger partial charge >= 0.3 is 0 Å². The molecule has 1 aliphatic heterocycles. The number of hydrogen-bond donors (Lipinski definition) is 1. The first-order valence-electron chi connectivity index (χ1n) is 9.83. The molecular weight excluding hydrogens is 346 g/mol. The van der Waals surface area contributed by atoms with Gasteiger partial charge in [0.25, 0.3) is 5.91 Å². The Morgan fingerprint density at radius 3 is 2.77 bits per heavy atom. The minimum Gasteiger partial charge on any atom is -0.451 e. The highest BCUT2D eigenvalue weighted by Gasteiger charge is 2.24. The molecule has 1 aliphatic carbocycles. The molecule has 4 nitrogen and oxygen atoms in total. The van der Waals surface area contributed by atoms with Crippen LogP contribution in [0.15, 0.2) is 28.7 Å². The van der Waals surface area contributed by atoms with Crippen molar-refractivity contribution in [3.8, 4) is 0 Å². The van der Waals surface area contributed by atoms with E-state index in [0.29, 0.717) is 17.6 Å². The maximum Gasteiger partial charge on any atom is 0.287 e. The van der Waals surface area contributed by atoms with E-state index < -0.39 is 0 Å². The van der Waals surface area contributed by atoms with Crippen LogP contribution in [-0.2, 0) is 10.5 Å². The lowest BCUT2D eigenvalue weighted by molar-refractivity contribution is 0.0836. The number of carbonyl (C=O) groups excluding carboxylic acids is 1. The van der Waals surface area contributed by atoms with Crippen molar-refractivity contribution < 1.29 is 13.9 Å². The SMILES string of the molecule is O=C(NCC1CCCO1)c1oc2ccccc2c1CSC1CCCCC1. The largest absolute Gasteiger partial charge is 0.451 e. The van der Waals surface area contributed by atoms with E-state index in [1.54, 1.807) is 0 Å². The molecule has 2 aliphatic rings. The number of fused-ring (bicyclic) bond motifs is 1. The number of benzene rings is 1. The summed E-state index contributed by atoms with van der Waals surface area (Å²) in [6.45, 7) is 1.36. The van der Waals surface area contributed by atoms with Crippen LogP contribution in [0.3, 0.4) is 0 Å². The van der Waals surface area contributed by atoms with E-state index in [0.717, 1.165) is 41.7 Å².